The predicted molar refractivity (Wildman–Crippen MR) is 131 cm³/mol. The summed E-state index contributed by atoms with van der Waals surface area (Å²) in [5.74, 6) is -8.27. The zero-order chi connectivity index (χ0) is 34.3. The Morgan fingerprint density at radius 1 is 0.932 bits per heavy atom. The number of halogens is 9. The molecule has 0 aliphatic carbocycles. The molecule has 11 nitrogen and oxygen atoms in total. The van der Waals surface area contributed by atoms with E-state index < -0.39 is 36.4 Å². The Balaban J connectivity index is 0.000000721. The van der Waals surface area contributed by atoms with Crippen LogP contribution in [-0.2, 0) is 30.4 Å². The molecule has 44 heavy (non-hydrogen) atoms. The number of hydrogen-bond acceptors (Lipinski definition) is 8. The first-order chi connectivity index (χ1) is 20.1. The van der Waals surface area contributed by atoms with Gasteiger partial charge in [-0.05, 0) is 45.0 Å². The number of alkyl halides is 9. The number of ether oxygens (including phenoxy) is 2. The van der Waals surface area contributed by atoms with E-state index in [4.69, 9.17) is 39.2 Å². The van der Waals surface area contributed by atoms with E-state index in [0.29, 0.717) is 12.1 Å². The van der Waals surface area contributed by atoms with Gasteiger partial charge in [-0.1, -0.05) is 6.07 Å². The third kappa shape index (κ3) is 17.8. The van der Waals surface area contributed by atoms with Crippen molar-refractivity contribution in [2.45, 2.75) is 62.6 Å². The summed E-state index contributed by atoms with van der Waals surface area (Å²) in [6, 6.07) is 4.74. The zero-order valence-corrected chi connectivity index (χ0v) is 23.3. The molecule has 0 amide bonds. The van der Waals surface area contributed by atoms with Crippen LogP contribution < -0.4 is 0 Å². The Morgan fingerprint density at radius 2 is 1.43 bits per heavy atom. The summed E-state index contributed by atoms with van der Waals surface area (Å²) >= 11 is 0. The highest BCUT2D eigenvalue weighted by Crippen LogP contribution is 2.32. The van der Waals surface area contributed by atoms with Crippen LogP contribution in [0.5, 0.6) is 0 Å². The molecule has 3 atom stereocenters. The van der Waals surface area contributed by atoms with Gasteiger partial charge in [-0.25, -0.2) is 14.4 Å². The van der Waals surface area contributed by atoms with Crippen molar-refractivity contribution in [2.24, 2.45) is 0 Å². The lowest BCUT2D eigenvalue weighted by molar-refractivity contribution is -0.193. The van der Waals surface area contributed by atoms with Crippen LogP contribution in [0.15, 0.2) is 24.5 Å². The second-order valence-electron chi connectivity index (χ2n) is 9.35. The van der Waals surface area contributed by atoms with Gasteiger partial charge in [0.25, 0.3) is 0 Å². The molecule has 0 bridgehead atoms. The van der Waals surface area contributed by atoms with Crippen molar-refractivity contribution in [2.75, 3.05) is 40.4 Å². The number of likely N-dealkylation sites (tertiary alicyclic amines) is 1. The number of hydrogen-bond donors (Lipinski definition) is 3. The van der Waals surface area contributed by atoms with E-state index in [9.17, 15) is 39.5 Å². The first kappa shape index (κ1) is 40.8. The van der Waals surface area contributed by atoms with Gasteiger partial charge in [0.1, 0.15) is 0 Å². The maximum absolute atomic E-state index is 10.6. The summed E-state index contributed by atoms with van der Waals surface area (Å²) in [7, 11) is 4.14. The summed E-state index contributed by atoms with van der Waals surface area (Å²) in [6.45, 7) is 4.60. The van der Waals surface area contributed by atoms with E-state index in [1.165, 1.54) is 12.0 Å². The molecule has 3 rings (SSSR count). The predicted octanol–water partition coefficient (Wildman–Crippen LogP) is 3.68. The topological polar surface area (TPSA) is 150 Å². The minimum atomic E-state index is -5.08. The third-order valence-corrected chi connectivity index (χ3v) is 5.57. The minimum Gasteiger partial charge on any atom is -0.475 e. The molecule has 0 aromatic carbocycles. The quantitative estimate of drug-likeness (QED) is 0.290. The maximum Gasteiger partial charge on any atom is 0.490 e. The van der Waals surface area contributed by atoms with Crippen LogP contribution in [0, 0.1) is 0 Å². The molecule has 1 aromatic rings. The Hall–Kier alpha value is -3.23. The van der Waals surface area contributed by atoms with Crippen LogP contribution in [0.4, 0.5) is 39.5 Å². The van der Waals surface area contributed by atoms with Gasteiger partial charge in [-0.3, -0.25) is 9.88 Å². The van der Waals surface area contributed by atoms with Crippen molar-refractivity contribution >= 4 is 17.9 Å². The van der Waals surface area contributed by atoms with E-state index >= 15 is 0 Å². The van der Waals surface area contributed by atoms with Crippen molar-refractivity contribution in [3.05, 3.63) is 30.1 Å². The Bertz CT molecular complexity index is 952. The first-order valence-electron chi connectivity index (χ1n) is 12.5. The molecule has 2 saturated heterocycles. The summed E-state index contributed by atoms with van der Waals surface area (Å²) in [4.78, 5) is 35.6. The fraction of sp³-hybridized carbons (Fsp3) is 0.667. The molecule has 2 fully saturated rings. The molecule has 2 aliphatic heterocycles. The smallest absolute Gasteiger partial charge is 0.475 e. The van der Waals surface area contributed by atoms with Crippen LogP contribution in [0.1, 0.15) is 24.8 Å². The van der Waals surface area contributed by atoms with E-state index in [1.54, 1.807) is 0 Å². The molecule has 0 radical (unpaired) electrons. The number of likely N-dealkylation sites (N-methyl/N-ethyl adjacent to an activating group) is 1. The maximum atomic E-state index is 10.6. The van der Waals surface area contributed by atoms with E-state index in [-0.39, 0.29) is 6.10 Å². The number of aliphatic carboxylic acids is 3. The van der Waals surface area contributed by atoms with E-state index in [1.807, 2.05) is 18.5 Å². The van der Waals surface area contributed by atoms with Gasteiger partial charge in [-0.2, -0.15) is 39.5 Å². The molecule has 3 N–H and O–H groups in total. The monoisotopic (exact) mass is 661 g/mol. The van der Waals surface area contributed by atoms with Gasteiger partial charge in [0.2, 0.25) is 0 Å². The van der Waals surface area contributed by atoms with Gasteiger partial charge in [0, 0.05) is 38.1 Å². The molecule has 3 heterocycles. The van der Waals surface area contributed by atoms with Crippen molar-refractivity contribution < 1.29 is 78.7 Å². The van der Waals surface area contributed by atoms with Crippen LogP contribution in [0.2, 0.25) is 0 Å². The molecule has 2 aliphatic rings. The number of carbonyl (C=O) groups is 3. The molecular formula is C24H32F9N3O8. The molecule has 0 spiro atoms. The Morgan fingerprint density at radius 3 is 1.84 bits per heavy atom. The lowest BCUT2D eigenvalue weighted by atomic mass is 9.99. The average Bonchev–Trinajstić information content (AvgIpc) is 3.28. The molecular weight excluding hydrogens is 629 g/mol. The fourth-order valence-corrected chi connectivity index (χ4v) is 3.59. The second-order valence-corrected chi connectivity index (χ2v) is 9.35. The van der Waals surface area contributed by atoms with Gasteiger partial charge < -0.3 is 29.7 Å². The summed E-state index contributed by atoms with van der Waals surface area (Å²) in [6.07, 6.45) is -7.34. The lowest BCUT2D eigenvalue weighted by Gasteiger charge is -2.36. The summed E-state index contributed by atoms with van der Waals surface area (Å²) in [5.41, 5.74) is 1.29. The van der Waals surface area contributed by atoms with Gasteiger partial charge in [0.05, 0.1) is 25.4 Å². The zero-order valence-electron chi connectivity index (χ0n) is 23.3. The van der Waals surface area contributed by atoms with Crippen LogP contribution in [0.3, 0.4) is 0 Å². The number of carboxylic acids is 3. The SMILES string of the molecule is CN(C)CCOC[C@H]1CC[C@H]2[C@H](CCN2Cc2cccnc2)O1.O=C(O)C(F)(F)F.O=C(O)C(F)(F)F.O=C(O)C(F)(F)F. The first-order valence-corrected chi connectivity index (χ1v) is 12.5. The van der Waals surface area contributed by atoms with Crippen molar-refractivity contribution in [1.82, 2.24) is 14.8 Å². The van der Waals surface area contributed by atoms with Crippen molar-refractivity contribution in [3.63, 3.8) is 0 Å². The number of pyridine rings is 1. The summed E-state index contributed by atoms with van der Waals surface area (Å²) in [5, 5.41) is 21.4. The second kappa shape index (κ2) is 18.5. The number of aromatic nitrogens is 1. The number of fused-ring (bicyclic) bond motifs is 1. The normalized spacial score (nSPS) is 20.1. The van der Waals surface area contributed by atoms with Gasteiger partial charge >= 0.3 is 36.4 Å². The Kier molecular flexibility index (Phi) is 17.2. The fourth-order valence-electron chi connectivity index (χ4n) is 3.59. The van der Waals surface area contributed by atoms with Gasteiger partial charge in [0.15, 0.2) is 0 Å². The average molecular weight is 662 g/mol. The number of rotatable bonds is 7. The highest BCUT2D eigenvalue weighted by molar-refractivity contribution is 5.73. The van der Waals surface area contributed by atoms with Crippen LogP contribution in [0.25, 0.3) is 0 Å². The molecule has 20 heteroatoms. The lowest BCUT2D eigenvalue weighted by Crippen LogP contribution is -2.43. The van der Waals surface area contributed by atoms with Crippen LogP contribution >= 0.6 is 0 Å². The van der Waals surface area contributed by atoms with Gasteiger partial charge in [-0.15, -0.1) is 0 Å². The molecule has 0 unspecified atom stereocenters. The van der Waals surface area contributed by atoms with E-state index in [0.717, 1.165) is 45.7 Å². The van der Waals surface area contributed by atoms with Crippen molar-refractivity contribution in [1.29, 1.82) is 0 Å². The number of carboxylic acid groups (broad SMARTS) is 3. The standard InChI is InChI=1S/C18H29N3O2.3C2HF3O2/c1-20(2)10-11-22-14-16-5-6-17-18(23-16)7-9-21(17)13-15-4-3-8-19-12-15;3*3-2(4,5)1(6)7/h3-4,8,12,16-18H,5-7,9-11,13-14H2,1-2H3;3*(H,6,7)/t16-,17+,18+;;;/m1.../s1. The molecule has 254 valence electrons. The molecule has 0 saturated carbocycles. The highest BCUT2D eigenvalue weighted by Gasteiger charge is 2.40. The Labute approximate surface area is 245 Å². The third-order valence-electron chi connectivity index (χ3n) is 5.57. The summed E-state index contributed by atoms with van der Waals surface area (Å²) < 4.78 is 107. The van der Waals surface area contributed by atoms with Crippen molar-refractivity contribution in [3.8, 4) is 0 Å². The molecule has 1 aromatic heterocycles. The number of nitrogens with zero attached hydrogens (tertiary/aromatic N) is 3. The largest absolute Gasteiger partial charge is 0.490 e. The minimum absolute atomic E-state index is 0.275. The van der Waals surface area contributed by atoms with Crippen LogP contribution in [-0.4, -0.2) is 125 Å². The van der Waals surface area contributed by atoms with E-state index in [2.05, 4.69) is 34.9 Å². The highest BCUT2D eigenvalue weighted by atomic mass is 19.4.